The zero-order valence-corrected chi connectivity index (χ0v) is 10.4. The van der Waals surface area contributed by atoms with Crippen LogP contribution in [-0.2, 0) is 18.0 Å². The lowest BCUT2D eigenvalue weighted by Gasteiger charge is -2.23. The Morgan fingerprint density at radius 2 is 1.81 bits per heavy atom. The van der Waals surface area contributed by atoms with Gasteiger partial charge in [0.1, 0.15) is 5.54 Å². The Morgan fingerprint density at radius 3 is 2.12 bits per heavy atom. The molecule has 5 heteroatoms. The molecule has 0 aliphatic carbocycles. The Bertz CT molecular complexity index is 375. The fraction of sp³-hybridized carbons (Fsp3) is 0.727. The van der Waals surface area contributed by atoms with Crippen LogP contribution in [0.3, 0.4) is 0 Å². The molecule has 1 aromatic heterocycles. The first-order valence-electron chi connectivity index (χ1n) is 5.19. The van der Waals surface area contributed by atoms with E-state index in [1.54, 1.807) is 13.1 Å². The normalized spacial score (nSPS) is 16.6. The summed E-state index contributed by atoms with van der Waals surface area (Å²) in [5, 5.41) is 4.23. The monoisotopic (exact) mass is 231 g/mol. The molecule has 0 amide bonds. The lowest BCUT2D eigenvalue weighted by molar-refractivity contribution is 0.0580. The molecule has 1 aromatic rings. The molecule has 92 valence electrons. The third-order valence-electron chi connectivity index (χ3n) is 2.65. The number of hydrogen-bond acceptors (Lipinski definition) is 2. The number of aromatic nitrogens is 2. The van der Waals surface area contributed by atoms with E-state index in [9.17, 15) is 8.78 Å². The summed E-state index contributed by atoms with van der Waals surface area (Å²) in [7, 11) is 1.64. The Balaban J connectivity index is 3.23. The van der Waals surface area contributed by atoms with Gasteiger partial charge in [-0.1, -0.05) is 20.8 Å². The fourth-order valence-electron chi connectivity index (χ4n) is 1.45. The molecule has 2 N–H and O–H groups in total. The summed E-state index contributed by atoms with van der Waals surface area (Å²) in [4.78, 5) is 0. The van der Waals surface area contributed by atoms with E-state index < -0.39 is 12.0 Å². The highest BCUT2D eigenvalue weighted by atomic mass is 19.3. The molecule has 1 rings (SSSR count). The smallest absolute Gasteiger partial charge is 0.261 e. The molecule has 0 spiro atoms. The molecule has 0 fully saturated rings. The largest absolute Gasteiger partial charge is 0.316 e. The van der Waals surface area contributed by atoms with Gasteiger partial charge in [0.05, 0.1) is 11.4 Å². The van der Waals surface area contributed by atoms with E-state index >= 15 is 0 Å². The van der Waals surface area contributed by atoms with Gasteiger partial charge in [-0.2, -0.15) is 5.10 Å². The minimum Gasteiger partial charge on any atom is -0.316 e. The Kier molecular flexibility index (Phi) is 3.11. The van der Waals surface area contributed by atoms with Gasteiger partial charge in [0.2, 0.25) is 0 Å². The third-order valence-corrected chi connectivity index (χ3v) is 2.65. The second-order valence-corrected chi connectivity index (χ2v) is 5.37. The van der Waals surface area contributed by atoms with Gasteiger partial charge in [-0.25, -0.2) is 8.78 Å². The maximum atomic E-state index is 12.8. The molecule has 16 heavy (non-hydrogen) atoms. The van der Waals surface area contributed by atoms with E-state index in [1.165, 1.54) is 11.6 Å². The van der Waals surface area contributed by atoms with Crippen LogP contribution in [-0.4, -0.2) is 16.2 Å². The average Bonchev–Trinajstić information content (AvgIpc) is 2.46. The molecule has 1 unspecified atom stereocenters. The van der Waals surface area contributed by atoms with Crippen molar-refractivity contribution >= 4 is 0 Å². The van der Waals surface area contributed by atoms with Gasteiger partial charge in [-0.05, 0) is 13.0 Å². The lowest BCUT2D eigenvalue weighted by atomic mass is 9.90. The van der Waals surface area contributed by atoms with E-state index in [1.807, 2.05) is 20.8 Å². The molecule has 0 saturated carbocycles. The second-order valence-electron chi connectivity index (χ2n) is 5.37. The van der Waals surface area contributed by atoms with Crippen LogP contribution in [0.2, 0.25) is 0 Å². The zero-order valence-electron chi connectivity index (χ0n) is 10.4. The SMILES string of the molecule is Cn1nc(C(C)(C)C)cc1C(C)(N)C(F)F. The van der Waals surface area contributed by atoms with Crippen molar-refractivity contribution < 1.29 is 8.78 Å². The average molecular weight is 231 g/mol. The number of alkyl halides is 2. The van der Waals surface area contributed by atoms with Crippen LogP contribution in [0.4, 0.5) is 8.78 Å². The summed E-state index contributed by atoms with van der Waals surface area (Å²) in [6, 6.07) is 1.66. The van der Waals surface area contributed by atoms with Crippen molar-refractivity contribution in [1.82, 2.24) is 9.78 Å². The molecule has 0 aliphatic rings. The van der Waals surface area contributed by atoms with E-state index in [0.717, 1.165) is 5.69 Å². The van der Waals surface area contributed by atoms with Gasteiger partial charge in [-0.15, -0.1) is 0 Å². The van der Waals surface area contributed by atoms with Crippen molar-refractivity contribution in [2.24, 2.45) is 12.8 Å². The minimum atomic E-state index is -2.62. The van der Waals surface area contributed by atoms with Gasteiger partial charge in [0.25, 0.3) is 6.43 Å². The van der Waals surface area contributed by atoms with Crippen LogP contribution in [0, 0.1) is 0 Å². The van der Waals surface area contributed by atoms with E-state index in [2.05, 4.69) is 5.10 Å². The van der Waals surface area contributed by atoms with E-state index in [-0.39, 0.29) is 5.41 Å². The highest BCUT2D eigenvalue weighted by Gasteiger charge is 2.36. The van der Waals surface area contributed by atoms with Gasteiger partial charge in [-0.3, -0.25) is 4.68 Å². The third kappa shape index (κ3) is 2.24. The molecule has 1 heterocycles. The van der Waals surface area contributed by atoms with Crippen molar-refractivity contribution in [2.45, 2.75) is 45.1 Å². The number of hydrogen-bond donors (Lipinski definition) is 1. The molecule has 0 aliphatic heterocycles. The predicted molar refractivity (Wildman–Crippen MR) is 59.5 cm³/mol. The van der Waals surface area contributed by atoms with Crippen molar-refractivity contribution in [1.29, 1.82) is 0 Å². The Hall–Kier alpha value is -0.970. The maximum Gasteiger partial charge on any atom is 0.261 e. The summed E-state index contributed by atoms with van der Waals surface area (Å²) in [5.74, 6) is 0. The molecule has 0 saturated heterocycles. The summed E-state index contributed by atoms with van der Waals surface area (Å²) < 4.78 is 27.1. The van der Waals surface area contributed by atoms with Crippen LogP contribution in [0.25, 0.3) is 0 Å². The van der Waals surface area contributed by atoms with Crippen LogP contribution in [0.1, 0.15) is 39.1 Å². The Morgan fingerprint density at radius 1 is 1.31 bits per heavy atom. The molecular formula is C11H19F2N3. The van der Waals surface area contributed by atoms with Crippen molar-refractivity contribution in [3.8, 4) is 0 Å². The summed E-state index contributed by atoms with van der Waals surface area (Å²) in [6.07, 6.45) is -2.62. The summed E-state index contributed by atoms with van der Waals surface area (Å²) >= 11 is 0. The number of halogens is 2. The van der Waals surface area contributed by atoms with Gasteiger partial charge in [0.15, 0.2) is 0 Å². The molecular weight excluding hydrogens is 212 g/mol. The van der Waals surface area contributed by atoms with Crippen molar-refractivity contribution in [2.75, 3.05) is 0 Å². The zero-order chi connectivity index (χ0) is 12.7. The predicted octanol–water partition coefficient (Wildman–Crippen LogP) is 2.16. The van der Waals surface area contributed by atoms with E-state index in [4.69, 9.17) is 5.73 Å². The second kappa shape index (κ2) is 3.80. The topological polar surface area (TPSA) is 43.8 Å². The highest BCUT2D eigenvalue weighted by Crippen LogP contribution is 2.29. The highest BCUT2D eigenvalue weighted by molar-refractivity contribution is 5.23. The van der Waals surface area contributed by atoms with Crippen LogP contribution >= 0.6 is 0 Å². The van der Waals surface area contributed by atoms with E-state index in [0.29, 0.717) is 5.69 Å². The first-order chi connectivity index (χ1) is 7.06. The van der Waals surface area contributed by atoms with Crippen molar-refractivity contribution in [3.05, 3.63) is 17.5 Å². The number of rotatable bonds is 2. The number of nitrogens with zero attached hydrogens (tertiary/aromatic N) is 2. The first-order valence-corrected chi connectivity index (χ1v) is 5.19. The quantitative estimate of drug-likeness (QED) is 0.847. The van der Waals surface area contributed by atoms with Crippen LogP contribution in [0.15, 0.2) is 6.07 Å². The summed E-state index contributed by atoms with van der Waals surface area (Å²) in [6.45, 7) is 7.27. The minimum absolute atomic E-state index is 0.172. The van der Waals surface area contributed by atoms with Crippen LogP contribution in [0.5, 0.6) is 0 Å². The van der Waals surface area contributed by atoms with Gasteiger partial charge < -0.3 is 5.73 Å². The number of nitrogens with two attached hydrogens (primary N) is 1. The molecule has 1 atom stereocenters. The van der Waals surface area contributed by atoms with Gasteiger partial charge in [0, 0.05) is 12.5 Å². The molecule has 0 bridgehead atoms. The number of aryl methyl sites for hydroxylation is 1. The summed E-state index contributed by atoms with van der Waals surface area (Å²) in [5.41, 5.74) is 4.91. The Labute approximate surface area is 94.6 Å². The maximum absolute atomic E-state index is 12.8. The first kappa shape index (κ1) is 13.1. The standard InChI is InChI=1S/C11H19F2N3/c1-10(2,3)7-6-8(16(5)15-7)11(4,14)9(12)13/h6,9H,14H2,1-5H3. The molecule has 0 aromatic carbocycles. The lowest BCUT2D eigenvalue weighted by Crippen LogP contribution is -2.42. The fourth-order valence-corrected chi connectivity index (χ4v) is 1.45. The van der Waals surface area contributed by atoms with Crippen LogP contribution < -0.4 is 5.73 Å². The molecule has 3 nitrogen and oxygen atoms in total. The molecule has 0 radical (unpaired) electrons. The van der Waals surface area contributed by atoms with Crippen molar-refractivity contribution in [3.63, 3.8) is 0 Å². The van der Waals surface area contributed by atoms with Gasteiger partial charge >= 0.3 is 0 Å².